The summed E-state index contributed by atoms with van der Waals surface area (Å²) in [7, 11) is 3.31. The molecule has 4 nitrogen and oxygen atoms in total. The van der Waals surface area contributed by atoms with Gasteiger partial charge in [-0.05, 0) is 43.9 Å². The summed E-state index contributed by atoms with van der Waals surface area (Å²) in [4.78, 5) is 0. The second-order valence-corrected chi connectivity index (χ2v) is 9.15. The van der Waals surface area contributed by atoms with Gasteiger partial charge in [-0.3, -0.25) is 0 Å². The van der Waals surface area contributed by atoms with Crippen LogP contribution in [0.2, 0.25) is 0 Å². The Morgan fingerprint density at radius 2 is 1.21 bits per heavy atom. The third-order valence-electron chi connectivity index (χ3n) is 5.07. The van der Waals surface area contributed by atoms with Crippen molar-refractivity contribution in [3.05, 3.63) is 0 Å². The highest BCUT2D eigenvalue weighted by atomic mass is 32.2. The number of hydrogen-bond donors (Lipinski definition) is 0. The first kappa shape index (κ1) is 15.3. The van der Waals surface area contributed by atoms with Crippen molar-refractivity contribution < 1.29 is 17.5 Å². The summed E-state index contributed by atoms with van der Waals surface area (Å²) in [6.07, 6.45) is 8.44. The molecule has 0 radical (unpaired) electrons. The second-order valence-electron chi connectivity index (χ2n) is 7.74. The molecule has 0 spiro atoms. The topological polar surface area (TPSA) is 57.2 Å². The van der Waals surface area contributed by atoms with E-state index in [9.17, 15) is 0 Å². The third kappa shape index (κ3) is 3.92. The van der Waals surface area contributed by atoms with Crippen LogP contribution in [0.15, 0.2) is 0 Å². The van der Waals surface area contributed by atoms with Gasteiger partial charge in [0.2, 0.25) is 0 Å². The van der Waals surface area contributed by atoms with Crippen molar-refractivity contribution >= 4 is 10.1 Å². The van der Waals surface area contributed by atoms with Crippen LogP contribution in [0.1, 0.15) is 32.1 Å². The summed E-state index contributed by atoms with van der Waals surface area (Å²) in [5.74, 6) is 4.40. The van der Waals surface area contributed by atoms with E-state index in [0.29, 0.717) is 6.26 Å². The Morgan fingerprint density at radius 1 is 0.895 bits per heavy atom. The molecule has 0 unspecified atom stereocenters. The fraction of sp³-hybridized carbons (Fsp3) is 1.00. The van der Waals surface area contributed by atoms with Crippen molar-refractivity contribution in [1.82, 2.24) is 0 Å². The molecule has 112 valence electrons. The van der Waals surface area contributed by atoms with Gasteiger partial charge in [-0.25, -0.2) is 8.42 Å². The Hall–Kier alpha value is -0.130. The van der Waals surface area contributed by atoms with E-state index in [-0.39, 0.29) is 0 Å². The van der Waals surface area contributed by atoms with Crippen LogP contribution in [0.3, 0.4) is 0 Å². The van der Waals surface area contributed by atoms with Gasteiger partial charge in [0.05, 0.1) is 37.3 Å². The number of quaternary nitrogens is 1. The van der Waals surface area contributed by atoms with Crippen LogP contribution in [0, 0.1) is 23.7 Å². The molecule has 0 atom stereocenters. The largest absolute Gasteiger partial charge is 0.748 e. The molecule has 4 saturated carbocycles. The molecule has 0 aromatic heterocycles. The molecule has 0 N–H and O–H groups in total. The van der Waals surface area contributed by atoms with Crippen LogP contribution in [-0.4, -0.2) is 50.9 Å². The van der Waals surface area contributed by atoms with E-state index in [0.717, 1.165) is 29.7 Å². The maximum atomic E-state index is 9.08. The maximum absolute atomic E-state index is 9.08. The summed E-state index contributed by atoms with van der Waals surface area (Å²) in [5, 5.41) is 0. The summed E-state index contributed by atoms with van der Waals surface area (Å²) in [6.45, 7) is 0. The van der Waals surface area contributed by atoms with Gasteiger partial charge in [0, 0.05) is 18.1 Å². The molecule has 4 aliphatic carbocycles. The summed E-state index contributed by atoms with van der Waals surface area (Å²) < 4.78 is 28.4. The van der Waals surface area contributed by atoms with E-state index in [4.69, 9.17) is 13.0 Å². The van der Waals surface area contributed by atoms with Crippen LogP contribution in [-0.2, 0) is 10.1 Å². The molecule has 4 rings (SSSR count). The SMILES string of the molecule is CS(=O)(=O)[O-].C[N+](C)(C)C1C2CC3CC(C2)CC1C3. The zero-order valence-corrected chi connectivity index (χ0v) is 13.3. The van der Waals surface area contributed by atoms with Crippen LogP contribution in [0.4, 0.5) is 0 Å². The first-order valence-electron chi connectivity index (χ1n) is 7.26. The molecule has 0 saturated heterocycles. The second kappa shape index (κ2) is 5.01. The van der Waals surface area contributed by atoms with Crippen molar-refractivity contribution in [2.75, 3.05) is 27.4 Å². The minimum Gasteiger partial charge on any atom is -0.748 e. The molecule has 19 heavy (non-hydrogen) atoms. The van der Waals surface area contributed by atoms with Crippen LogP contribution in [0.5, 0.6) is 0 Å². The van der Waals surface area contributed by atoms with Gasteiger partial charge >= 0.3 is 0 Å². The fourth-order valence-electron chi connectivity index (χ4n) is 5.16. The highest BCUT2D eigenvalue weighted by molar-refractivity contribution is 7.84. The molecule has 0 amide bonds. The molecule has 0 aliphatic heterocycles. The predicted octanol–water partition coefficient (Wildman–Crippen LogP) is 1.68. The predicted molar refractivity (Wildman–Crippen MR) is 74.5 cm³/mol. The fourth-order valence-corrected chi connectivity index (χ4v) is 5.16. The van der Waals surface area contributed by atoms with Crippen molar-refractivity contribution in [2.45, 2.75) is 38.1 Å². The molecular weight excluding hydrogens is 262 g/mol. The van der Waals surface area contributed by atoms with E-state index >= 15 is 0 Å². The summed E-state index contributed by atoms with van der Waals surface area (Å²) in [5.41, 5.74) is 0. The lowest BCUT2D eigenvalue weighted by atomic mass is 9.53. The van der Waals surface area contributed by atoms with Gasteiger partial charge in [-0.2, -0.15) is 0 Å². The Balaban J connectivity index is 0.000000232. The van der Waals surface area contributed by atoms with Gasteiger partial charge in [0.1, 0.15) is 0 Å². The molecule has 0 aromatic carbocycles. The highest BCUT2D eigenvalue weighted by Crippen LogP contribution is 2.55. The van der Waals surface area contributed by atoms with Crippen molar-refractivity contribution in [3.63, 3.8) is 0 Å². The molecule has 4 bridgehead atoms. The smallest absolute Gasteiger partial charge is 0.0941 e. The molecule has 0 heterocycles. The Morgan fingerprint density at radius 3 is 1.47 bits per heavy atom. The van der Waals surface area contributed by atoms with E-state index in [1.807, 2.05) is 0 Å². The maximum Gasteiger partial charge on any atom is 0.0941 e. The first-order chi connectivity index (χ1) is 8.54. The third-order valence-corrected chi connectivity index (χ3v) is 5.07. The van der Waals surface area contributed by atoms with Crippen molar-refractivity contribution in [2.24, 2.45) is 23.7 Å². The monoisotopic (exact) mass is 289 g/mol. The van der Waals surface area contributed by atoms with Crippen LogP contribution >= 0.6 is 0 Å². The minimum atomic E-state index is -3.92. The van der Waals surface area contributed by atoms with E-state index in [2.05, 4.69) is 21.1 Å². The molecule has 4 aliphatic rings. The quantitative estimate of drug-likeness (QED) is 0.545. The summed E-state index contributed by atoms with van der Waals surface area (Å²) >= 11 is 0. The zero-order chi connectivity index (χ0) is 14.4. The van der Waals surface area contributed by atoms with Gasteiger partial charge < -0.3 is 9.04 Å². The minimum absolute atomic E-state index is 0.604. The molecule has 5 heteroatoms. The number of nitrogens with zero attached hydrogens (tertiary/aromatic N) is 1. The Bertz CT molecular complexity index is 388. The van der Waals surface area contributed by atoms with Gasteiger partial charge in [0.25, 0.3) is 0 Å². The van der Waals surface area contributed by atoms with Gasteiger partial charge in [0.15, 0.2) is 0 Å². The van der Waals surface area contributed by atoms with Crippen molar-refractivity contribution in [1.29, 1.82) is 0 Å². The van der Waals surface area contributed by atoms with E-state index in [1.54, 1.807) is 32.1 Å². The number of rotatable bonds is 1. The van der Waals surface area contributed by atoms with E-state index < -0.39 is 10.1 Å². The lowest BCUT2D eigenvalue weighted by molar-refractivity contribution is -0.907. The first-order valence-corrected chi connectivity index (χ1v) is 9.07. The zero-order valence-electron chi connectivity index (χ0n) is 12.5. The highest BCUT2D eigenvalue weighted by Gasteiger charge is 2.53. The number of hydrogen-bond acceptors (Lipinski definition) is 3. The lowest BCUT2D eigenvalue weighted by Gasteiger charge is -2.57. The molecule has 0 aromatic rings. The lowest BCUT2D eigenvalue weighted by Crippen LogP contribution is -2.60. The Kier molecular flexibility index (Phi) is 4.02. The van der Waals surface area contributed by atoms with Gasteiger partial charge in [-0.15, -0.1) is 0 Å². The molecule has 4 fully saturated rings. The molecular formula is C14H27NO3S. The summed E-state index contributed by atoms with van der Waals surface area (Å²) in [6, 6.07) is 0.989. The normalized spacial score (nSPS) is 40.8. The van der Waals surface area contributed by atoms with E-state index in [1.165, 1.54) is 4.48 Å². The van der Waals surface area contributed by atoms with Gasteiger partial charge in [-0.1, -0.05) is 0 Å². The van der Waals surface area contributed by atoms with Crippen molar-refractivity contribution in [3.8, 4) is 0 Å². The van der Waals surface area contributed by atoms with Crippen LogP contribution in [0.25, 0.3) is 0 Å². The standard InChI is InChI=1S/C13H24N.CH4O3S/c1-14(2,3)13-11-5-9-4-10(7-11)8-12(13)6-9;1-5(2,3)4/h9-13H,4-8H2,1-3H3;1H3,(H,2,3,4)/q+1;/p-1. The Labute approximate surface area is 117 Å². The van der Waals surface area contributed by atoms with Crippen LogP contribution < -0.4 is 0 Å². The average molecular weight is 289 g/mol. The average Bonchev–Trinajstić information content (AvgIpc) is 2.09.